The molecule has 0 aliphatic heterocycles. The number of carbonyl (C=O) groups is 1. The van der Waals surface area contributed by atoms with Crippen LogP contribution in [-0.4, -0.2) is 51.7 Å². The Morgan fingerprint density at radius 2 is 1.62 bits per heavy atom. The van der Waals surface area contributed by atoms with Gasteiger partial charge in [-0.15, -0.1) is 0 Å². The summed E-state index contributed by atoms with van der Waals surface area (Å²) in [6.07, 6.45) is 0. The molecule has 0 aromatic carbocycles. The molecule has 0 aromatic rings. The predicted octanol–water partition coefficient (Wildman–Crippen LogP) is -2.11. The van der Waals surface area contributed by atoms with Crippen molar-refractivity contribution in [2.24, 2.45) is 0 Å². The smallest absolute Gasteiger partial charge is 0.286 e. The van der Waals surface area contributed by atoms with Crippen LogP contribution in [0.5, 0.6) is 0 Å². The average Bonchev–Trinajstić information content (AvgIpc) is 2.14. The molecule has 0 spiro atoms. The van der Waals surface area contributed by atoms with Crippen molar-refractivity contribution in [2.75, 3.05) is 19.8 Å². The number of rotatable bonds is 5. The lowest BCUT2D eigenvalue weighted by atomic mass is 10.0. The first-order valence-electron chi connectivity index (χ1n) is 3.54. The van der Waals surface area contributed by atoms with E-state index in [1.54, 1.807) is 0 Å². The summed E-state index contributed by atoms with van der Waals surface area (Å²) in [5.74, 6) is -1.70. The van der Waals surface area contributed by atoms with E-state index in [4.69, 9.17) is 20.4 Å². The fourth-order valence-corrected chi connectivity index (χ4v) is 0.582. The zero-order chi connectivity index (χ0) is 10.5. The molecule has 0 fully saturated rings. The fraction of sp³-hybridized carbons (Fsp3) is 0.571. The van der Waals surface area contributed by atoms with Crippen LogP contribution >= 0.6 is 0 Å². The molecule has 5 N–H and O–H groups in total. The van der Waals surface area contributed by atoms with Gasteiger partial charge in [-0.05, 0) is 0 Å². The van der Waals surface area contributed by atoms with Crippen LogP contribution in [0.15, 0.2) is 12.3 Å². The van der Waals surface area contributed by atoms with E-state index in [0.29, 0.717) is 0 Å². The Bertz CT molecular complexity index is 191. The van der Waals surface area contributed by atoms with Gasteiger partial charge in [-0.25, -0.2) is 0 Å². The van der Waals surface area contributed by atoms with Crippen LogP contribution in [0.3, 0.4) is 0 Å². The molecule has 6 heteroatoms. The summed E-state index contributed by atoms with van der Waals surface area (Å²) < 4.78 is 0. The van der Waals surface area contributed by atoms with Gasteiger partial charge in [0.15, 0.2) is 5.76 Å². The molecule has 0 aliphatic rings. The van der Waals surface area contributed by atoms with Gasteiger partial charge in [-0.1, -0.05) is 6.58 Å². The lowest BCUT2D eigenvalue weighted by Gasteiger charge is -2.28. The number of hydrogen-bond acceptors (Lipinski definition) is 5. The molecule has 0 aromatic heterocycles. The number of aliphatic hydroxyl groups is 4. The van der Waals surface area contributed by atoms with Gasteiger partial charge in [0.2, 0.25) is 0 Å². The van der Waals surface area contributed by atoms with E-state index in [1.165, 1.54) is 0 Å². The van der Waals surface area contributed by atoms with E-state index < -0.39 is 37.0 Å². The fourth-order valence-electron chi connectivity index (χ4n) is 0.582. The number of amides is 1. The van der Waals surface area contributed by atoms with Gasteiger partial charge in [-0.2, -0.15) is 0 Å². The molecule has 0 radical (unpaired) electrons. The Morgan fingerprint density at radius 1 is 1.23 bits per heavy atom. The van der Waals surface area contributed by atoms with Gasteiger partial charge >= 0.3 is 0 Å². The van der Waals surface area contributed by atoms with Crippen molar-refractivity contribution >= 4 is 5.91 Å². The van der Waals surface area contributed by atoms with Gasteiger partial charge in [-0.3, -0.25) is 4.79 Å². The second-order valence-electron chi connectivity index (χ2n) is 2.66. The van der Waals surface area contributed by atoms with E-state index >= 15 is 0 Å². The van der Waals surface area contributed by atoms with Crippen LogP contribution in [0, 0.1) is 0 Å². The van der Waals surface area contributed by atoms with Crippen molar-refractivity contribution in [1.82, 2.24) is 5.32 Å². The van der Waals surface area contributed by atoms with Crippen LogP contribution in [0.1, 0.15) is 0 Å². The van der Waals surface area contributed by atoms with Gasteiger partial charge < -0.3 is 25.7 Å². The first-order valence-corrected chi connectivity index (χ1v) is 3.54. The number of nitrogens with one attached hydrogen (secondary N) is 1. The van der Waals surface area contributed by atoms with Crippen molar-refractivity contribution in [3.63, 3.8) is 0 Å². The molecular formula is C7H13NO5. The van der Waals surface area contributed by atoms with Crippen LogP contribution < -0.4 is 5.32 Å². The van der Waals surface area contributed by atoms with E-state index in [-0.39, 0.29) is 0 Å². The number of aliphatic hydroxyl groups excluding tert-OH is 4. The first-order chi connectivity index (χ1) is 6.01. The van der Waals surface area contributed by atoms with Crippen molar-refractivity contribution in [1.29, 1.82) is 0 Å². The minimum absolute atomic E-state index is 0.640. The molecular weight excluding hydrogens is 178 g/mol. The maximum absolute atomic E-state index is 10.8. The van der Waals surface area contributed by atoms with Gasteiger partial charge in [0.1, 0.15) is 5.54 Å². The summed E-state index contributed by atoms with van der Waals surface area (Å²) in [5, 5.41) is 36.9. The lowest BCUT2D eigenvalue weighted by molar-refractivity contribution is -0.124. The van der Waals surface area contributed by atoms with Gasteiger partial charge in [0.25, 0.3) is 5.91 Å². The minimum Gasteiger partial charge on any atom is -0.503 e. The lowest BCUT2D eigenvalue weighted by Crippen LogP contribution is -2.57. The molecule has 0 unspecified atom stereocenters. The molecule has 0 saturated carbocycles. The maximum Gasteiger partial charge on any atom is 0.286 e. The third kappa shape index (κ3) is 3.02. The summed E-state index contributed by atoms with van der Waals surface area (Å²) >= 11 is 0. The van der Waals surface area contributed by atoms with Crippen LogP contribution in [0.25, 0.3) is 0 Å². The molecule has 0 heterocycles. The standard InChI is InChI=1S/C7H13NO5/c1-5(12)6(13)8-7(2-9,3-10)4-11/h9-12H,1-4H2,(H,8,13). The van der Waals surface area contributed by atoms with Crippen molar-refractivity contribution in [3.05, 3.63) is 12.3 Å². The Kier molecular flexibility index (Phi) is 4.39. The minimum atomic E-state index is -1.53. The van der Waals surface area contributed by atoms with Crippen molar-refractivity contribution in [3.8, 4) is 0 Å². The summed E-state index contributed by atoms with van der Waals surface area (Å²) in [6, 6.07) is 0. The SMILES string of the molecule is C=C(O)C(=O)NC(CO)(CO)CO. The van der Waals surface area contributed by atoms with Gasteiger partial charge in [0, 0.05) is 0 Å². The van der Waals surface area contributed by atoms with E-state index in [9.17, 15) is 4.79 Å². The van der Waals surface area contributed by atoms with E-state index in [1.807, 2.05) is 5.32 Å². The third-order valence-electron chi connectivity index (χ3n) is 1.55. The molecule has 0 atom stereocenters. The molecule has 0 bridgehead atoms. The highest BCUT2D eigenvalue weighted by molar-refractivity contribution is 5.90. The normalized spacial score (nSPS) is 11.0. The Hall–Kier alpha value is -1.11. The summed E-state index contributed by atoms with van der Waals surface area (Å²) in [6.45, 7) is 1.02. The summed E-state index contributed by atoms with van der Waals surface area (Å²) in [4.78, 5) is 10.8. The van der Waals surface area contributed by atoms with E-state index in [2.05, 4.69) is 6.58 Å². The largest absolute Gasteiger partial charge is 0.503 e. The van der Waals surface area contributed by atoms with E-state index in [0.717, 1.165) is 0 Å². The van der Waals surface area contributed by atoms with Crippen molar-refractivity contribution < 1.29 is 25.2 Å². The molecule has 13 heavy (non-hydrogen) atoms. The van der Waals surface area contributed by atoms with Crippen LogP contribution in [-0.2, 0) is 4.79 Å². The molecule has 0 aliphatic carbocycles. The molecule has 6 nitrogen and oxygen atoms in total. The number of carbonyl (C=O) groups excluding carboxylic acids is 1. The highest BCUT2D eigenvalue weighted by atomic mass is 16.3. The second-order valence-corrected chi connectivity index (χ2v) is 2.66. The van der Waals surface area contributed by atoms with Crippen LogP contribution in [0.2, 0.25) is 0 Å². The quantitative estimate of drug-likeness (QED) is 0.252. The van der Waals surface area contributed by atoms with Crippen molar-refractivity contribution in [2.45, 2.75) is 5.54 Å². The second kappa shape index (κ2) is 4.80. The highest BCUT2D eigenvalue weighted by Gasteiger charge is 2.30. The Balaban J connectivity index is 4.42. The van der Waals surface area contributed by atoms with Crippen LogP contribution in [0.4, 0.5) is 0 Å². The maximum atomic E-state index is 10.8. The topological polar surface area (TPSA) is 110 Å². The average molecular weight is 191 g/mol. The monoisotopic (exact) mass is 191 g/mol. The zero-order valence-corrected chi connectivity index (χ0v) is 7.03. The molecule has 1 amide bonds. The summed E-state index contributed by atoms with van der Waals surface area (Å²) in [7, 11) is 0. The molecule has 0 rings (SSSR count). The first kappa shape index (κ1) is 11.9. The van der Waals surface area contributed by atoms with Gasteiger partial charge in [0.05, 0.1) is 19.8 Å². The Morgan fingerprint density at radius 3 is 1.85 bits per heavy atom. The summed E-state index contributed by atoms with van der Waals surface area (Å²) in [5.41, 5.74) is -1.53. The zero-order valence-electron chi connectivity index (χ0n) is 7.03. The third-order valence-corrected chi connectivity index (χ3v) is 1.55. The Labute approximate surface area is 75.1 Å². The molecule has 76 valence electrons. The molecule has 0 saturated heterocycles. The number of hydrogen-bond donors (Lipinski definition) is 5. The highest BCUT2D eigenvalue weighted by Crippen LogP contribution is 2.02. The predicted molar refractivity (Wildman–Crippen MR) is 43.9 cm³/mol.